The molecule has 4 aromatic rings. The Hall–Kier alpha value is -3.40. The van der Waals surface area contributed by atoms with Crippen molar-refractivity contribution in [1.82, 2.24) is 19.7 Å². The van der Waals surface area contributed by atoms with Gasteiger partial charge >= 0.3 is 5.97 Å². The molecule has 36 heavy (non-hydrogen) atoms. The normalized spacial score (nSPS) is 23.5. The van der Waals surface area contributed by atoms with Crippen LogP contribution >= 0.6 is 0 Å². The van der Waals surface area contributed by atoms with Crippen LogP contribution in [0.2, 0.25) is 0 Å². The van der Waals surface area contributed by atoms with Crippen molar-refractivity contribution in [3.8, 4) is 5.69 Å². The summed E-state index contributed by atoms with van der Waals surface area (Å²) in [5.74, 6) is -3.38. The fourth-order valence-corrected chi connectivity index (χ4v) is 5.86. The molecule has 7 nitrogen and oxygen atoms in total. The molecule has 2 aliphatic rings. The third-order valence-corrected chi connectivity index (χ3v) is 7.76. The van der Waals surface area contributed by atoms with Crippen LogP contribution in [-0.2, 0) is 9.53 Å². The molecule has 0 unspecified atom stereocenters. The number of carboxylic acid groups (broad SMARTS) is 1. The first-order valence-corrected chi connectivity index (χ1v) is 12.2. The average Bonchev–Trinajstić information content (AvgIpc) is 3.47. The minimum atomic E-state index is -2.24. The summed E-state index contributed by atoms with van der Waals surface area (Å²) in [6.07, 6.45) is 3.64. The van der Waals surface area contributed by atoms with Gasteiger partial charge in [0.25, 0.3) is 0 Å². The van der Waals surface area contributed by atoms with Gasteiger partial charge in [-0.25, -0.2) is 22.9 Å². The number of alkyl halides is 1. The highest BCUT2D eigenvalue weighted by Gasteiger charge is 2.44. The van der Waals surface area contributed by atoms with Gasteiger partial charge in [-0.05, 0) is 62.6 Å². The maximum atomic E-state index is 14.9. The number of pyridine rings is 1. The summed E-state index contributed by atoms with van der Waals surface area (Å²) in [5.41, 5.74) is 2.08. The number of aromatic nitrogens is 4. The zero-order valence-electron chi connectivity index (χ0n) is 19.4. The molecule has 188 valence electrons. The van der Waals surface area contributed by atoms with E-state index in [4.69, 9.17) is 9.72 Å². The van der Waals surface area contributed by atoms with Crippen LogP contribution in [0.25, 0.3) is 27.8 Å². The number of aliphatic carboxylic acids is 1. The third-order valence-electron chi connectivity index (χ3n) is 7.76. The second-order valence-corrected chi connectivity index (χ2v) is 9.83. The zero-order valence-corrected chi connectivity index (χ0v) is 19.4. The van der Waals surface area contributed by atoms with Gasteiger partial charge in [0.15, 0.2) is 17.3 Å². The molecule has 1 aromatic carbocycles. The summed E-state index contributed by atoms with van der Waals surface area (Å²) in [6, 6.07) is 5.76. The van der Waals surface area contributed by atoms with E-state index in [9.17, 15) is 23.1 Å². The number of ether oxygens (including phenoxy) is 1. The van der Waals surface area contributed by atoms with Gasteiger partial charge in [-0.3, -0.25) is 5.10 Å². The number of hydrogen-bond donors (Lipinski definition) is 2. The topological polar surface area (TPSA) is 93.0 Å². The Bertz CT molecular complexity index is 1470. The van der Waals surface area contributed by atoms with Crippen molar-refractivity contribution in [3.63, 3.8) is 0 Å². The van der Waals surface area contributed by atoms with E-state index < -0.39 is 23.3 Å². The average molecular weight is 499 g/mol. The largest absolute Gasteiger partial charge is 0.479 e. The number of hydrogen-bond acceptors (Lipinski definition) is 4. The summed E-state index contributed by atoms with van der Waals surface area (Å²) < 4.78 is 50.8. The molecular formula is C26H25F3N4O3. The van der Waals surface area contributed by atoms with Crippen molar-refractivity contribution in [2.75, 3.05) is 13.2 Å². The number of aromatic amines is 1. The number of benzene rings is 1. The molecule has 1 aliphatic carbocycles. The molecule has 10 heteroatoms. The van der Waals surface area contributed by atoms with E-state index in [0.717, 1.165) is 41.1 Å². The highest BCUT2D eigenvalue weighted by atomic mass is 19.2. The van der Waals surface area contributed by atoms with Crippen LogP contribution in [0.4, 0.5) is 13.2 Å². The molecule has 0 bridgehead atoms. The van der Waals surface area contributed by atoms with Crippen molar-refractivity contribution < 1.29 is 27.8 Å². The maximum absolute atomic E-state index is 14.9. The van der Waals surface area contributed by atoms with Crippen LogP contribution in [0.3, 0.4) is 0 Å². The second-order valence-electron chi connectivity index (χ2n) is 9.83. The Morgan fingerprint density at radius 2 is 1.83 bits per heavy atom. The van der Waals surface area contributed by atoms with Crippen LogP contribution in [0.15, 0.2) is 30.5 Å². The van der Waals surface area contributed by atoms with Gasteiger partial charge in [0, 0.05) is 47.5 Å². The molecule has 0 atom stereocenters. The van der Waals surface area contributed by atoms with Crippen LogP contribution in [0, 0.1) is 11.6 Å². The van der Waals surface area contributed by atoms with E-state index in [1.165, 1.54) is 6.07 Å². The SMILES string of the molecule is O=C(O)[C@]1(F)CC[C@@H](c2c(C3CCOCC3)n(-c3ccc(F)c(F)c3)c3cc4cn[nH]c4nc32)CC1. The van der Waals surface area contributed by atoms with E-state index in [-0.39, 0.29) is 24.7 Å². The molecule has 0 amide bonds. The number of carbonyl (C=O) groups is 1. The standard InChI is InChI=1S/C26H25F3N4O3/c27-18-2-1-17(12-19(18)28)33-20-11-16-13-30-32-24(16)31-22(20)21(23(33)15-5-9-36-10-6-15)14-3-7-26(29,8-4-14)25(34)35/h1-2,11-15H,3-10H2,(H,34,35)(H,30,31,32)/t14-,26+. The molecule has 1 saturated heterocycles. The fourth-order valence-electron chi connectivity index (χ4n) is 5.86. The van der Waals surface area contributed by atoms with E-state index in [0.29, 0.717) is 42.9 Å². The lowest BCUT2D eigenvalue weighted by atomic mass is 9.75. The quantitative estimate of drug-likeness (QED) is 0.386. The van der Waals surface area contributed by atoms with Crippen molar-refractivity contribution in [1.29, 1.82) is 0 Å². The Morgan fingerprint density at radius 1 is 1.08 bits per heavy atom. The van der Waals surface area contributed by atoms with E-state index in [2.05, 4.69) is 10.2 Å². The number of fused-ring (bicyclic) bond motifs is 2. The van der Waals surface area contributed by atoms with Gasteiger partial charge in [0.2, 0.25) is 5.67 Å². The van der Waals surface area contributed by atoms with Crippen molar-refractivity contribution in [2.24, 2.45) is 0 Å². The van der Waals surface area contributed by atoms with Gasteiger partial charge in [0.05, 0.1) is 17.2 Å². The number of nitrogens with zero attached hydrogens (tertiary/aromatic N) is 3. The summed E-state index contributed by atoms with van der Waals surface area (Å²) in [6.45, 7) is 1.14. The highest BCUT2D eigenvalue weighted by molar-refractivity contribution is 5.93. The molecule has 3 aromatic heterocycles. The summed E-state index contributed by atoms with van der Waals surface area (Å²) in [4.78, 5) is 16.4. The first-order valence-electron chi connectivity index (χ1n) is 12.2. The van der Waals surface area contributed by atoms with Crippen LogP contribution < -0.4 is 0 Å². The minimum Gasteiger partial charge on any atom is -0.479 e. The summed E-state index contributed by atoms with van der Waals surface area (Å²) in [5, 5.41) is 17.2. The first-order chi connectivity index (χ1) is 17.4. The smallest absolute Gasteiger partial charge is 0.341 e. The molecule has 1 saturated carbocycles. The van der Waals surface area contributed by atoms with Gasteiger partial charge in [-0.2, -0.15) is 5.10 Å². The predicted molar refractivity (Wildman–Crippen MR) is 126 cm³/mol. The number of rotatable bonds is 4. The van der Waals surface area contributed by atoms with Crippen LogP contribution in [0.5, 0.6) is 0 Å². The molecule has 0 radical (unpaired) electrons. The lowest BCUT2D eigenvalue weighted by Gasteiger charge is -2.33. The predicted octanol–water partition coefficient (Wildman–Crippen LogP) is 5.52. The monoisotopic (exact) mass is 498 g/mol. The molecule has 6 rings (SSSR count). The Balaban J connectivity index is 1.61. The van der Waals surface area contributed by atoms with Gasteiger partial charge in [0.1, 0.15) is 0 Å². The Kier molecular flexibility index (Phi) is 5.51. The molecular weight excluding hydrogens is 473 g/mol. The summed E-state index contributed by atoms with van der Waals surface area (Å²) in [7, 11) is 0. The lowest BCUT2D eigenvalue weighted by Crippen LogP contribution is -2.37. The first kappa shape index (κ1) is 23.0. The summed E-state index contributed by atoms with van der Waals surface area (Å²) >= 11 is 0. The van der Waals surface area contributed by atoms with E-state index >= 15 is 0 Å². The zero-order chi connectivity index (χ0) is 25.0. The van der Waals surface area contributed by atoms with Gasteiger partial charge < -0.3 is 14.4 Å². The Labute approximate surface area is 204 Å². The maximum Gasteiger partial charge on any atom is 0.341 e. The van der Waals surface area contributed by atoms with Crippen molar-refractivity contribution in [2.45, 2.75) is 56.0 Å². The van der Waals surface area contributed by atoms with E-state index in [1.54, 1.807) is 12.3 Å². The van der Waals surface area contributed by atoms with Crippen molar-refractivity contribution in [3.05, 3.63) is 53.4 Å². The molecule has 0 spiro atoms. The fraction of sp³-hybridized carbons (Fsp3) is 0.423. The van der Waals surface area contributed by atoms with E-state index in [1.807, 2.05) is 10.6 Å². The lowest BCUT2D eigenvalue weighted by molar-refractivity contribution is -0.153. The number of H-pyrrole nitrogens is 1. The molecule has 4 heterocycles. The highest BCUT2D eigenvalue weighted by Crippen LogP contribution is 2.48. The van der Waals surface area contributed by atoms with Crippen molar-refractivity contribution >= 4 is 28.0 Å². The van der Waals surface area contributed by atoms with Crippen LogP contribution in [-0.4, -0.2) is 49.7 Å². The Morgan fingerprint density at radius 3 is 2.53 bits per heavy atom. The third kappa shape index (κ3) is 3.66. The molecule has 2 fully saturated rings. The minimum absolute atomic E-state index is 0.0593. The number of carboxylic acids is 1. The second kappa shape index (κ2) is 8.62. The van der Waals surface area contributed by atoms with Gasteiger partial charge in [-0.1, -0.05) is 0 Å². The van der Waals surface area contributed by atoms with Crippen LogP contribution in [0.1, 0.15) is 61.6 Å². The molecule has 2 N–H and O–H groups in total. The number of nitrogens with one attached hydrogen (secondary N) is 1. The van der Waals surface area contributed by atoms with Gasteiger partial charge in [-0.15, -0.1) is 0 Å². The number of halogens is 3. The molecule has 1 aliphatic heterocycles.